The van der Waals surface area contributed by atoms with Crippen LogP contribution in [0.4, 0.5) is 13.2 Å². The van der Waals surface area contributed by atoms with Crippen molar-refractivity contribution >= 4 is 33.6 Å². The molecule has 1 N–H and O–H groups in total. The second-order valence-electron chi connectivity index (χ2n) is 19.3. The number of aromatic nitrogens is 3. The van der Waals surface area contributed by atoms with Gasteiger partial charge in [-0.25, -0.2) is 0 Å². The number of nitrogens with zero attached hydrogens (tertiary/aromatic N) is 8. The standard InChI is InChI=1S/C55H55F3N8O5/c1-34-23-37-7-5-6-8-39(37)32-65(34)53(69)45-26-40-31-64(51(68)24-36-9-12-43(13-10-36)71-22-21-62-17-19-63(20-18-62)33-55(56,57)58)16-15-38(40)25-44(45)50-29-47-52(61(50)4)46-28-42(67)11-14-48(46)66(54(47)70)49-27-41(30-59)60(3)35(49)2/h5-14,25-29,34,67H,15-24,31-33H2,1-4H3/t34-/m1/s1. The van der Waals surface area contributed by atoms with Gasteiger partial charge in [-0.3, -0.25) is 28.8 Å². The molecule has 2 amide bonds. The Morgan fingerprint density at radius 3 is 2.28 bits per heavy atom. The number of amides is 2. The van der Waals surface area contributed by atoms with Gasteiger partial charge in [0.15, 0.2) is 0 Å². The summed E-state index contributed by atoms with van der Waals surface area (Å²) < 4.78 is 49.6. The third-order valence-electron chi connectivity index (χ3n) is 14.8. The summed E-state index contributed by atoms with van der Waals surface area (Å²) >= 11 is 0. The molecule has 0 spiro atoms. The number of phenols is 1. The molecule has 0 saturated carbocycles. The number of hydrogen-bond acceptors (Lipinski definition) is 8. The predicted molar refractivity (Wildman–Crippen MR) is 265 cm³/mol. The summed E-state index contributed by atoms with van der Waals surface area (Å²) in [5.74, 6) is 0.457. The van der Waals surface area contributed by atoms with E-state index >= 15 is 4.79 Å². The molecule has 1 fully saturated rings. The smallest absolute Gasteiger partial charge is 0.401 e. The number of hydrogen-bond donors (Lipinski definition) is 1. The number of aromatic hydroxyl groups is 1. The van der Waals surface area contributed by atoms with Gasteiger partial charge in [0, 0.05) is 100 Å². The van der Waals surface area contributed by atoms with Gasteiger partial charge in [-0.15, -0.1) is 0 Å². The van der Waals surface area contributed by atoms with Gasteiger partial charge < -0.3 is 28.8 Å². The molecule has 366 valence electrons. The molecule has 1 saturated heterocycles. The Morgan fingerprint density at radius 2 is 1.56 bits per heavy atom. The van der Waals surface area contributed by atoms with Crippen LogP contribution in [-0.4, -0.2) is 115 Å². The van der Waals surface area contributed by atoms with Crippen molar-refractivity contribution in [2.24, 2.45) is 14.1 Å². The predicted octanol–water partition coefficient (Wildman–Crippen LogP) is 7.65. The highest BCUT2D eigenvalue weighted by Gasteiger charge is 2.34. The summed E-state index contributed by atoms with van der Waals surface area (Å²) in [6.45, 7) is 7.05. The first kappa shape index (κ1) is 47.3. The minimum Gasteiger partial charge on any atom is -0.508 e. The van der Waals surface area contributed by atoms with Gasteiger partial charge in [-0.05, 0) is 109 Å². The fraction of sp³-hybridized carbons (Fsp3) is 0.345. The Bertz CT molecular complexity index is 3340. The summed E-state index contributed by atoms with van der Waals surface area (Å²) in [4.78, 5) is 51.4. The number of pyridine rings is 1. The maximum atomic E-state index is 15.2. The first-order chi connectivity index (χ1) is 34.0. The molecule has 1 atom stereocenters. The highest BCUT2D eigenvalue weighted by atomic mass is 19.4. The van der Waals surface area contributed by atoms with Crippen LogP contribution in [0.1, 0.15) is 56.5 Å². The van der Waals surface area contributed by atoms with E-state index < -0.39 is 12.7 Å². The second-order valence-corrected chi connectivity index (χ2v) is 19.3. The quantitative estimate of drug-likeness (QED) is 0.148. The molecule has 16 heteroatoms. The van der Waals surface area contributed by atoms with Crippen molar-refractivity contribution < 1.29 is 32.6 Å². The Hall–Kier alpha value is -7.35. The number of carbonyl (C=O) groups is 2. The average molecular weight is 965 g/mol. The van der Waals surface area contributed by atoms with Crippen molar-refractivity contribution in [3.63, 3.8) is 0 Å². The lowest BCUT2D eigenvalue weighted by Crippen LogP contribution is -2.49. The van der Waals surface area contributed by atoms with E-state index in [1.54, 1.807) is 40.4 Å². The van der Waals surface area contributed by atoms with Crippen molar-refractivity contribution in [1.82, 2.24) is 33.3 Å². The van der Waals surface area contributed by atoms with Crippen molar-refractivity contribution in [3.8, 4) is 34.5 Å². The molecule has 7 aromatic rings. The lowest BCUT2D eigenvalue weighted by atomic mass is 9.89. The highest BCUT2D eigenvalue weighted by Crippen LogP contribution is 2.38. The molecule has 3 aliphatic heterocycles. The van der Waals surface area contributed by atoms with Crippen LogP contribution in [-0.2, 0) is 51.2 Å². The lowest BCUT2D eigenvalue weighted by Gasteiger charge is -2.36. The van der Waals surface area contributed by atoms with Crippen molar-refractivity contribution in [3.05, 3.63) is 146 Å². The molecule has 6 heterocycles. The zero-order valence-electron chi connectivity index (χ0n) is 40.2. The van der Waals surface area contributed by atoms with E-state index in [1.807, 2.05) is 82.9 Å². The van der Waals surface area contributed by atoms with Crippen LogP contribution in [0.5, 0.6) is 11.5 Å². The zero-order chi connectivity index (χ0) is 49.9. The largest absolute Gasteiger partial charge is 0.508 e. The number of halogens is 3. The van der Waals surface area contributed by atoms with Gasteiger partial charge >= 0.3 is 6.18 Å². The van der Waals surface area contributed by atoms with Crippen LogP contribution in [0.25, 0.3) is 38.8 Å². The van der Waals surface area contributed by atoms with Gasteiger partial charge in [0.25, 0.3) is 11.5 Å². The number of benzene rings is 4. The van der Waals surface area contributed by atoms with E-state index in [0.717, 1.165) is 27.9 Å². The molecular weight excluding hydrogens is 910 g/mol. The van der Waals surface area contributed by atoms with E-state index in [1.165, 1.54) is 10.5 Å². The van der Waals surface area contributed by atoms with E-state index in [-0.39, 0.29) is 35.6 Å². The molecule has 13 nitrogen and oxygen atoms in total. The molecule has 0 radical (unpaired) electrons. The summed E-state index contributed by atoms with van der Waals surface area (Å²) in [7, 11) is 3.65. The van der Waals surface area contributed by atoms with Gasteiger partial charge in [-0.2, -0.15) is 18.4 Å². The molecule has 3 aromatic heterocycles. The fourth-order valence-corrected chi connectivity index (χ4v) is 10.8. The number of fused-ring (bicyclic) bond motifs is 5. The first-order valence-corrected chi connectivity index (χ1v) is 24.0. The van der Waals surface area contributed by atoms with E-state index in [0.29, 0.717) is 128 Å². The normalized spacial score (nSPS) is 16.6. The first-order valence-electron chi connectivity index (χ1n) is 24.0. The van der Waals surface area contributed by atoms with Gasteiger partial charge in [-0.1, -0.05) is 36.4 Å². The number of rotatable bonds is 10. The number of piperazine rings is 1. The Labute approximate surface area is 409 Å². The summed E-state index contributed by atoms with van der Waals surface area (Å²) in [5, 5.41) is 21.8. The van der Waals surface area contributed by atoms with Crippen molar-refractivity contribution in [1.29, 1.82) is 5.26 Å². The molecule has 4 aromatic carbocycles. The highest BCUT2D eigenvalue weighted by molar-refractivity contribution is 6.09. The summed E-state index contributed by atoms with van der Waals surface area (Å²) in [6, 6.07) is 30.1. The fourth-order valence-electron chi connectivity index (χ4n) is 10.8. The molecule has 0 aliphatic carbocycles. The van der Waals surface area contributed by atoms with Crippen molar-refractivity contribution in [2.45, 2.75) is 58.4 Å². The minimum atomic E-state index is -4.20. The molecule has 3 aliphatic rings. The third-order valence-corrected chi connectivity index (χ3v) is 14.8. The van der Waals surface area contributed by atoms with Crippen LogP contribution in [0, 0.1) is 18.3 Å². The van der Waals surface area contributed by atoms with Crippen LogP contribution < -0.4 is 10.3 Å². The zero-order valence-corrected chi connectivity index (χ0v) is 40.2. The number of alkyl halides is 3. The van der Waals surface area contributed by atoms with Crippen molar-refractivity contribution in [2.75, 3.05) is 52.4 Å². The number of ether oxygens (including phenoxy) is 1. The van der Waals surface area contributed by atoms with Crippen LogP contribution in [0.2, 0.25) is 0 Å². The molecule has 0 unspecified atom stereocenters. The van der Waals surface area contributed by atoms with Crippen LogP contribution in [0.3, 0.4) is 0 Å². The molecule has 10 rings (SSSR count). The maximum Gasteiger partial charge on any atom is 0.401 e. The van der Waals surface area contributed by atoms with E-state index in [4.69, 9.17) is 4.74 Å². The topological polar surface area (TPSA) is 132 Å². The monoisotopic (exact) mass is 964 g/mol. The second kappa shape index (κ2) is 18.8. The van der Waals surface area contributed by atoms with Gasteiger partial charge in [0.05, 0.1) is 35.1 Å². The maximum absolute atomic E-state index is 15.2. The summed E-state index contributed by atoms with van der Waals surface area (Å²) in [6.07, 6.45) is -2.79. The Morgan fingerprint density at radius 1 is 0.831 bits per heavy atom. The van der Waals surface area contributed by atoms with Crippen LogP contribution >= 0.6 is 0 Å². The number of carbonyl (C=O) groups excluding carboxylic acids is 2. The number of phenolic OH excluding ortho intramolecular Hbond substituents is 1. The Kier molecular flexibility index (Phi) is 12.5. The minimum absolute atomic E-state index is 0.0239. The SMILES string of the molecule is Cc1c(-n2c(=O)c3cc(-c4cc5c(cc4C(=O)N4Cc6ccccc6C[C@H]4C)CN(C(=O)Cc4ccc(OCCN6CCN(CC(F)(F)F)CC6)cc4)CC5)n(C)c3c3cc(O)ccc32)cc(C#N)n1C. The van der Waals surface area contributed by atoms with Crippen LogP contribution in [0.15, 0.2) is 95.8 Å². The Balaban J connectivity index is 0.939. The number of aryl methyl sites for hydroxylation is 1. The third kappa shape index (κ3) is 9.16. The van der Waals surface area contributed by atoms with Gasteiger partial charge in [0.1, 0.15) is 29.9 Å². The lowest BCUT2D eigenvalue weighted by molar-refractivity contribution is -0.149. The van der Waals surface area contributed by atoms with E-state index in [9.17, 15) is 33.1 Å². The van der Waals surface area contributed by atoms with E-state index in [2.05, 4.69) is 30.0 Å². The molecular formula is C55H55F3N8O5. The average Bonchev–Trinajstić information content (AvgIpc) is 3.85. The summed E-state index contributed by atoms with van der Waals surface area (Å²) in [5.41, 5.74) is 9.25. The number of nitriles is 1. The molecule has 0 bridgehead atoms. The van der Waals surface area contributed by atoms with Gasteiger partial charge in [0.2, 0.25) is 5.91 Å². The molecule has 71 heavy (non-hydrogen) atoms.